The maximum atomic E-state index is 8.65. The fraction of sp³-hybridized carbons (Fsp3) is 0.700. The minimum absolute atomic E-state index is 0.0880. The van der Waals surface area contributed by atoms with E-state index in [0.29, 0.717) is 0 Å². The second kappa shape index (κ2) is 4.66. The van der Waals surface area contributed by atoms with Gasteiger partial charge in [-0.15, -0.1) is 0 Å². The zero-order valence-corrected chi connectivity index (χ0v) is 13.1. The Hall–Kier alpha value is -1.18. The van der Waals surface area contributed by atoms with Crippen LogP contribution in [-0.2, 0) is 0 Å². The van der Waals surface area contributed by atoms with Crippen LogP contribution in [0.1, 0.15) is 38.5 Å². The molecule has 8 rings (SSSR count). The first-order valence-corrected chi connectivity index (χ1v) is 9.17. The van der Waals surface area contributed by atoms with Crippen molar-refractivity contribution in [3.8, 4) is 11.5 Å². The number of hydrogen-bond acceptors (Lipinski definition) is 2. The summed E-state index contributed by atoms with van der Waals surface area (Å²) in [6.07, 6.45) is 9.93. The second-order valence-electron chi connectivity index (χ2n) is 8.65. The number of hydrogen-bond donors (Lipinski definition) is 2. The van der Waals surface area contributed by atoms with Crippen molar-refractivity contribution in [2.75, 3.05) is 0 Å². The van der Waals surface area contributed by atoms with E-state index < -0.39 is 0 Å². The van der Waals surface area contributed by atoms with Crippen LogP contribution < -0.4 is 0 Å². The topological polar surface area (TPSA) is 40.5 Å². The van der Waals surface area contributed by atoms with E-state index in [1.54, 1.807) is 44.6 Å². The predicted octanol–water partition coefficient (Wildman–Crippen LogP) is 4.42. The fourth-order valence-electron chi connectivity index (χ4n) is 7.38. The summed E-state index contributed by atoms with van der Waals surface area (Å²) in [6.45, 7) is 0. The highest BCUT2D eigenvalue weighted by Crippen LogP contribution is 2.71. The Morgan fingerprint density at radius 2 is 0.909 bits per heavy atom. The average molecular weight is 298 g/mol. The van der Waals surface area contributed by atoms with Crippen molar-refractivity contribution in [3.63, 3.8) is 0 Å². The molecule has 1 aromatic carbocycles. The third-order valence-electron chi connectivity index (χ3n) is 7.76. The molecule has 0 aromatic heterocycles. The lowest BCUT2D eigenvalue weighted by atomic mass is 9.36. The monoisotopic (exact) mass is 298 g/mol. The Kier molecular flexibility index (Phi) is 2.81. The lowest BCUT2D eigenvalue weighted by Gasteiger charge is -2.69. The maximum Gasteiger partial charge on any atom is 0.119 e. The van der Waals surface area contributed by atoms with Gasteiger partial charge in [-0.1, -0.05) is 6.07 Å². The third-order valence-corrected chi connectivity index (χ3v) is 7.76. The van der Waals surface area contributed by atoms with Gasteiger partial charge in [-0.3, -0.25) is 0 Å². The lowest BCUT2D eigenvalue weighted by molar-refractivity contribution is -0.202. The first-order valence-electron chi connectivity index (χ1n) is 9.17. The molecule has 0 atom stereocenters. The third kappa shape index (κ3) is 1.85. The van der Waals surface area contributed by atoms with E-state index in [1.165, 1.54) is 65.5 Å². The molecule has 7 fully saturated rings. The van der Waals surface area contributed by atoms with Gasteiger partial charge in [0.15, 0.2) is 0 Å². The van der Waals surface area contributed by atoms with Gasteiger partial charge in [0, 0.05) is 6.07 Å². The minimum atomic E-state index is 0.0880. The lowest BCUT2D eigenvalue weighted by Crippen LogP contribution is -2.62. The van der Waals surface area contributed by atoms with Crippen LogP contribution >= 0.6 is 0 Å². The quantitative estimate of drug-likeness (QED) is 0.744. The van der Waals surface area contributed by atoms with Gasteiger partial charge >= 0.3 is 0 Å². The van der Waals surface area contributed by atoms with E-state index in [2.05, 4.69) is 0 Å². The Labute approximate surface area is 132 Å². The summed E-state index contributed by atoms with van der Waals surface area (Å²) in [5.41, 5.74) is 0. The molecular weight excluding hydrogens is 272 g/mol. The first-order chi connectivity index (χ1) is 10.7. The van der Waals surface area contributed by atoms with Gasteiger partial charge < -0.3 is 10.2 Å². The molecular formula is C20H26O2. The molecule has 0 radical (unpaired) electrons. The summed E-state index contributed by atoms with van der Waals surface area (Å²) in [5, 5.41) is 17.3. The SMILES string of the molecule is C1C2CC3C4CC5CC(C14)C(C2)C3C5.Oc1cccc(O)c1. The minimum Gasteiger partial charge on any atom is -0.508 e. The number of rotatable bonds is 0. The van der Waals surface area contributed by atoms with Crippen LogP contribution in [0.15, 0.2) is 24.3 Å². The van der Waals surface area contributed by atoms with Gasteiger partial charge in [-0.25, -0.2) is 0 Å². The molecule has 1 aromatic rings. The van der Waals surface area contributed by atoms with Crippen molar-refractivity contribution in [1.82, 2.24) is 0 Å². The summed E-state index contributed by atoms with van der Waals surface area (Å²) in [5.74, 6) is 9.92. The smallest absolute Gasteiger partial charge is 0.119 e. The van der Waals surface area contributed by atoms with Crippen LogP contribution in [0.25, 0.3) is 0 Å². The molecule has 2 N–H and O–H groups in total. The Morgan fingerprint density at radius 3 is 1.14 bits per heavy atom. The highest BCUT2D eigenvalue weighted by molar-refractivity contribution is 5.30. The molecule has 2 nitrogen and oxygen atoms in total. The van der Waals surface area contributed by atoms with Crippen LogP contribution in [0, 0.1) is 47.3 Å². The van der Waals surface area contributed by atoms with Crippen molar-refractivity contribution in [3.05, 3.63) is 24.3 Å². The molecule has 7 aliphatic carbocycles. The summed E-state index contributed by atoms with van der Waals surface area (Å²) >= 11 is 0. The Morgan fingerprint density at radius 1 is 0.591 bits per heavy atom. The molecule has 2 heteroatoms. The average Bonchev–Trinajstić information content (AvgIpc) is 2.52. The molecule has 0 aliphatic heterocycles. The van der Waals surface area contributed by atoms with Crippen molar-refractivity contribution in [2.24, 2.45) is 47.3 Å². The van der Waals surface area contributed by atoms with Crippen LogP contribution in [-0.4, -0.2) is 10.2 Å². The number of benzene rings is 1. The summed E-state index contributed by atoms with van der Waals surface area (Å²) < 4.78 is 0. The highest BCUT2D eigenvalue weighted by Gasteiger charge is 2.63. The van der Waals surface area contributed by atoms with Crippen molar-refractivity contribution < 1.29 is 10.2 Å². The zero-order valence-electron chi connectivity index (χ0n) is 13.1. The molecule has 0 spiro atoms. The van der Waals surface area contributed by atoms with E-state index >= 15 is 0 Å². The number of phenolic OH excluding ortho intramolecular Hbond substituents is 2. The zero-order chi connectivity index (χ0) is 14.8. The van der Waals surface area contributed by atoms with Crippen LogP contribution in [0.2, 0.25) is 0 Å². The molecule has 0 heterocycles. The van der Waals surface area contributed by atoms with Gasteiger partial charge in [-0.05, 0) is 98.0 Å². The van der Waals surface area contributed by atoms with Gasteiger partial charge in [-0.2, -0.15) is 0 Å². The van der Waals surface area contributed by atoms with Crippen molar-refractivity contribution in [2.45, 2.75) is 38.5 Å². The molecule has 22 heavy (non-hydrogen) atoms. The van der Waals surface area contributed by atoms with Crippen molar-refractivity contribution >= 4 is 0 Å². The van der Waals surface area contributed by atoms with Crippen molar-refractivity contribution in [1.29, 1.82) is 0 Å². The fourth-order valence-corrected chi connectivity index (χ4v) is 7.38. The molecule has 0 amide bonds. The Bertz CT molecular complexity index is 476. The highest BCUT2D eigenvalue weighted by atomic mass is 16.3. The molecule has 8 bridgehead atoms. The van der Waals surface area contributed by atoms with Crippen LogP contribution in [0.3, 0.4) is 0 Å². The van der Waals surface area contributed by atoms with E-state index in [1.807, 2.05) is 0 Å². The van der Waals surface area contributed by atoms with Gasteiger partial charge in [0.05, 0.1) is 0 Å². The van der Waals surface area contributed by atoms with E-state index in [9.17, 15) is 0 Å². The van der Waals surface area contributed by atoms with E-state index in [4.69, 9.17) is 10.2 Å². The van der Waals surface area contributed by atoms with E-state index in [0.717, 1.165) is 0 Å². The largest absolute Gasteiger partial charge is 0.508 e. The second-order valence-corrected chi connectivity index (χ2v) is 8.65. The molecule has 7 saturated carbocycles. The van der Waals surface area contributed by atoms with Gasteiger partial charge in [0.1, 0.15) is 11.5 Å². The molecule has 7 aliphatic rings. The molecule has 0 unspecified atom stereocenters. The van der Waals surface area contributed by atoms with E-state index in [-0.39, 0.29) is 11.5 Å². The number of aromatic hydroxyl groups is 2. The van der Waals surface area contributed by atoms with Gasteiger partial charge in [0.2, 0.25) is 0 Å². The molecule has 0 saturated heterocycles. The summed E-state index contributed by atoms with van der Waals surface area (Å²) in [7, 11) is 0. The summed E-state index contributed by atoms with van der Waals surface area (Å²) in [6, 6.07) is 5.85. The predicted molar refractivity (Wildman–Crippen MR) is 85.4 cm³/mol. The standard InChI is InChI=1S/C14H20.C6H6O2/c1-7-2-12-10-4-8-5-11(9(1)10)13(3-7)14(12)6-8;7-5-2-1-3-6(8)4-5/h7-14H,1-6H2;1-4,7-8H. The normalized spacial score (nSPS) is 49.1. The number of phenols is 2. The first kappa shape index (κ1) is 13.3. The maximum absolute atomic E-state index is 8.65. The van der Waals surface area contributed by atoms with Crippen LogP contribution in [0.4, 0.5) is 0 Å². The summed E-state index contributed by atoms with van der Waals surface area (Å²) in [4.78, 5) is 0. The molecule has 118 valence electrons. The van der Waals surface area contributed by atoms with Crippen LogP contribution in [0.5, 0.6) is 11.5 Å². The Balaban J connectivity index is 0.000000122. The van der Waals surface area contributed by atoms with Gasteiger partial charge in [0.25, 0.3) is 0 Å².